The van der Waals surface area contributed by atoms with Gasteiger partial charge >= 0.3 is 0 Å². The van der Waals surface area contributed by atoms with Crippen molar-refractivity contribution in [3.8, 4) is 11.5 Å². The summed E-state index contributed by atoms with van der Waals surface area (Å²) < 4.78 is 11.0. The third kappa shape index (κ3) is 3.02. The maximum absolute atomic E-state index is 12.3. The molecule has 4 rings (SSSR count). The van der Waals surface area contributed by atoms with Crippen molar-refractivity contribution in [2.45, 2.75) is 25.7 Å². The first-order valence-corrected chi connectivity index (χ1v) is 8.08. The van der Waals surface area contributed by atoms with Crippen molar-refractivity contribution in [3.05, 3.63) is 53.1 Å². The minimum absolute atomic E-state index is 0.0142. The van der Waals surface area contributed by atoms with Crippen LogP contribution in [0.1, 0.15) is 23.1 Å². The zero-order chi connectivity index (χ0) is 15.6. The van der Waals surface area contributed by atoms with E-state index in [1.54, 1.807) is 0 Å². The number of nitrogens with one attached hydrogen (secondary N) is 1. The summed E-state index contributed by atoms with van der Waals surface area (Å²) in [7, 11) is 0. The zero-order valence-electron chi connectivity index (χ0n) is 12.9. The van der Waals surface area contributed by atoms with Crippen LogP contribution in [0, 0.1) is 0 Å². The highest BCUT2D eigenvalue weighted by Gasteiger charge is 2.14. The molecule has 4 heteroatoms. The summed E-state index contributed by atoms with van der Waals surface area (Å²) in [6.45, 7) is 1.11. The fourth-order valence-electron chi connectivity index (χ4n) is 3.25. The van der Waals surface area contributed by atoms with Crippen molar-refractivity contribution in [1.82, 2.24) is 0 Å². The standard InChI is InChI=1S/C19H19NO3/c21-19(11-13-4-5-14-2-1-3-15(14)10-13)20-16-6-7-17-18(12-16)23-9-8-22-17/h4-7,10,12H,1-3,8-9,11H2,(H,20,21). The minimum Gasteiger partial charge on any atom is -0.486 e. The third-order valence-corrected chi connectivity index (χ3v) is 4.35. The highest BCUT2D eigenvalue weighted by molar-refractivity contribution is 5.92. The largest absolute Gasteiger partial charge is 0.486 e. The van der Waals surface area contributed by atoms with Crippen molar-refractivity contribution < 1.29 is 14.3 Å². The molecular weight excluding hydrogens is 290 g/mol. The summed E-state index contributed by atoms with van der Waals surface area (Å²) in [6.07, 6.45) is 3.91. The Morgan fingerprint density at radius 3 is 2.70 bits per heavy atom. The first kappa shape index (κ1) is 14.1. The van der Waals surface area contributed by atoms with Gasteiger partial charge in [0, 0.05) is 11.8 Å². The van der Waals surface area contributed by atoms with E-state index >= 15 is 0 Å². The lowest BCUT2D eigenvalue weighted by Crippen LogP contribution is -2.17. The van der Waals surface area contributed by atoms with Crippen LogP contribution >= 0.6 is 0 Å². The van der Waals surface area contributed by atoms with Gasteiger partial charge in [-0.05, 0) is 48.1 Å². The van der Waals surface area contributed by atoms with E-state index in [4.69, 9.17) is 9.47 Å². The highest BCUT2D eigenvalue weighted by Crippen LogP contribution is 2.32. The number of carbonyl (C=O) groups excluding carboxylic acids is 1. The summed E-state index contributed by atoms with van der Waals surface area (Å²) in [5.74, 6) is 1.40. The summed E-state index contributed by atoms with van der Waals surface area (Å²) in [5, 5.41) is 2.93. The second-order valence-electron chi connectivity index (χ2n) is 6.04. The summed E-state index contributed by atoms with van der Waals surface area (Å²) in [5.41, 5.74) is 4.64. The number of ether oxygens (including phenoxy) is 2. The van der Waals surface area contributed by atoms with E-state index in [-0.39, 0.29) is 5.91 Å². The Morgan fingerprint density at radius 1 is 0.957 bits per heavy atom. The van der Waals surface area contributed by atoms with Crippen LogP contribution in [0.3, 0.4) is 0 Å². The molecule has 1 aliphatic heterocycles. The lowest BCUT2D eigenvalue weighted by Gasteiger charge is -2.19. The van der Waals surface area contributed by atoms with Gasteiger partial charge in [-0.2, -0.15) is 0 Å². The van der Waals surface area contributed by atoms with Gasteiger partial charge in [0.2, 0.25) is 5.91 Å². The SMILES string of the molecule is O=C(Cc1ccc2c(c1)CCC2)Nc1ccc2c(c1)OCCO2. The smallest absolute Gasteiger partial charge is 0.228 e. The van der Waals surface area contributed by atoms with Gasteiger partial charge in [-0.3, -0.25) is 4.79 Å². The fraction of sp³-hybridized carbons (Fsp3) is 0.316. The molecule has 0 saturated heterocycles. The van der Waals surface area contributed by atoms with Crippen LogP contribution in [0.5, 0.6) is 11.5 Å². The average Bonchev–Trinajstić information content (AvgIpc) is 3.02. The van der Waals surface area contributed by atoms with Gasteiger partial charge in [0.05, 0.1) is 6.42 Å². The number of benzene rings is 2. The first-order valence-electron chi connectivity index (χ1n) is 8.08. The van der Waals surface area contributed by atoms with E-state index in [1.165, 1.54) is 24.0 Å². The molecule has 4 nitrogen and oxygen atoms in total. The van der Waals surface area contributed by atoms with Gasteiger partial charge in [0.1, 0.15) is 13.2 Å². The second-order valence-corrected chi connectivity index (χ2v) is 6.04. The van der Waals surface area contributed by atoms with Crippen LogP contribution in [0.2, 0.25) is 0 Å². The fourth-order valence-corrected chi connectivity index (χ4v) is 3.25. The second kappa shape index (κ2) is 5.95. The van der Waals surface area contributed by atoms with E-state index in [0.717, 1.165) is 23.4 Å². The number of hydrogen-bond donors (Lipinski definition) is 1. The molecule has 1 N–H and O–H groups in total. The van der Waals surface area contributed by atoms with Crippen molar-refractivity contribution >= 4 is 11.6 Å². The number of anilines is 1. The van der Waals surface area contributed by atoms with Crippen LogP contribution in [-0.4, -0.2) is 19.1 Å². The molecular formula is C19H19NO3. The van der Waals surface area contributed by atoms with Gasteiger partial charge in [-0.15, -0.1) is 0 Å². The molecule has 2 aromatic carbocycles. The first-order chi connectivity index (χ1) is 11.3. The molecule has 0 saturated carbocycles. The highest BCUT2D eigenvalue weighted by atomic mass is 16.6. The molecule has 1 amide bonds. The molecule has 0 unspecified atom stereocenters. The molecule has 2 aliphatic rings. The summed E-state index contributed by atoms with van der Waals surface area (Å²) >= 11 is 0. The van der Waals surface area contributed by atoms with Gasteiger partial charge in [-0.25, -0.2) is 0 Å². The Hall–Kier alpha value is -2.49. The topological polar surface area (TPSA) is 47.6 Å². The third-order valence-electron chi connectivity index (χ3n) is 4.35. The van der Waals surface area contributed by atoms with E-state index < -0.39 is 0 Å². The number of amides is 1. The van der Waals surface area contributed by atoms with E-state index in [9.17, 15) is 4.79 Å². The number of rotatable bonds is 3. The normalized spacial score (nSPS) is 15.1. The predicted molar refractivity (Wildman–Crippen MR) is 88.2 cm³/mol. The maximum atomic E-state index is 12.3. The van der Waals surface area contributed by atoms with Gasteiger partial charge < -0.3 is 14.8 Å². The number of fused-ring (bicyclic) bond motifs is 2. The van der Waals surface area contributed by atoms with Gasteiger partial charge in [0.15, 0.2) is 11.5 Å². The Morgan fingerprint density at radius 2 is 1.78 bits per heavy atom. The molecule has 0 spiro atoms. The number of carbonyl (C=O) groups is 1. The van der Waals surface area contributed by atoms with Crippen LogP contribution in [0.25, 0.3) is 0 Å². The molecule has 0 fully saturated rings. The van der Waals surface area contributed by atoms with Crippen LogP contribution in [0.4, 0.5) is 5.69 Å². The minimum atomic E-state index is -0.0142. The van der Waals surface area contributed by atoms with E-state index in [1.807, 2.05) is 18.2 Å². The molecule has 23 heavy (non-hydrogen) atoms. The van der Waals surface area contributed by atoms with Gasteiger partial charge in [-0.1, -0.05) is 18.2 Å². The van der Waals surface area contributed by atoms with Crippen LogP contribution in [0.15, 0.2) is 36.4 Å². The number of aryl methyl sites for hydroxylation is 2. The lowest BCUT2D eigenvalue weighted by atomic mass is 10.0. The number of hydrogen-bond acceptors (Lipinski definition) is 3. The molecule has 0 aromatic heterocycles. The monoisotopic (exact) mass is 309 g/mol. The predicted octanol–water partition coefficient (Wildman–Crippen LogP) is 3.13. The van der Waals surface area contributed by atoms with E-state index in [0.29, 0.717) is 25.4 Å². The molecule has 1 aliphatic carbocycles. The van der Waals surface area contributed by atoms with Gasteiger partial charge in [0.25, 0.3) is 0 Å². The van der Waals surface area contributed by atoms with E-state index in [2.05, 4.69) is 23.5 Å². The molecule has 1 heterocycles. The summed E-state index contributed by atoms with van der Waals surface area (Å²) in [4.78, 5) is 12.3. The van der Waals surface area contributed by atoms with Crippen molar-refractivity contribution in [2.24, 2.45) is 0 Å². The van der Waals surface area contributed by atoms with Crippen molar-refractivity contribution in [2.75, 3.05) is 18.5 Å². The molecule has 0 atom stereocenters. The average molecular weight is 309 g/mol. The van der Waals surface area contributed by atoms with Crippen molar-refractivity contribution in [1.29, 1.82) is 0 Å². The quantitative estimate of drug-likeness (QED) is 0.947. The summed E-state index contributed by atoms with van der Waals surface area (Å²) in [6, 6.07) is 11.9. The van der Waals surface area contributed by atoms with Crippen LogP contribution in [-0.2, 0) is 24.1 Å². The Bertz CT molecular complexity index is 754. The Kier molecular flexibility index (Phi) is 3.66. The maximum Gasteiger partial charge on any atom is 0.228 e. The molecule has 2 aromatic rings. The zero-order valence-corrected chi connectivity index (χ0v) is 12.9. The Balaban J connectivity index is 1.44. The van der Waals surface area contributed by atoms with Crippen molar-refractivity contribution in [3.63, 3.8) is 0 Å². The lowest BCUT2D eigenvalue weighted by molar-refractivity contribution is -0.115. The molecule has 0 bridgehead atoms. The molecule has 0 radical (unpaired) electrons. The Labute approximate surface area is 135 Å². The van der Waals surface area contributed by atoms with Crippen LogP contribution < -0.4 is 14.8 Å². The molecule has 118 valence electrons.